The summed E-state index contributed by atoms with van der Waals surface area (Å²) in [5.41, 5.74) is 0.913. The molecule has 0 N–H and O–H groups in total. The van der Waals surface area contributed by atoms with Gasteiger partial charge in [-0.2, -0.15) is 0 Å². The van der Waals surface area contributed by atoms with E-state index in [2.05, 4.69) is 0 Å². The van der Waals surface area contributed by atoms with E-state index in [9.17, 15) is 19.3 Å². The van der Waals surface area contributed by atoms with Gasteiger partial charge in [0, 0.05) is 28.8 Å². The lowest BCUT2D eigenvalue weighted by molar-refractivity contribution is -0.384. The van der Waals surface area contributed by atoms with Gasteiger partial charge in [0.05, 0.1) is 4.92 Å². The van der Waals surface area contributed by atoms with Crippen LogP contribution in [0.3, 0.4) is 0 Å². The molecule has 2 aromatic carbocycles. The lowest BCUT2D eigenvalue weighted by atomic mass is 10.1. The van der Waals surface area contributed by atoms with Crippen molar-refractivity contribution in [2.75, 3.05) is 0 Å². The molecule has 2 aromatic rings. The van der Waals surface area contributed by atoms with Gasteiger partial charge in [0.15, 0.2) is 5.78 Å². The number of nitro benzene ring substituents is 1. The number of hydrogen-bond donors (Lipinski definition) is 0. The van der Waals surface area contributed by atoms with Crippen LogP contribution in [-0.4, -0.2) is 10.7 Å². The van der Waals surface area contributed by atoms with E-state index in [1.54, 1.807) is 0 Å². The molecule has 1 aliphatic carbocycles. The lowest BCUT2D eigenvalue weighted by Gasteiger charge is -2.00. The highest BCUT2D eigenvalue weighted by molar-refractivity contribution is 6.22. The fourth-order valence-electron chi connectivity index (χ4n) is 2.18. The van der Waals surface area contributed by atoms with Crippen molar-refractivity contribution in [3.63, 3.8) is 0 Å². The number of non-ortho nitro benzene ring substituents is 1. The number of fused-ring (bicyclic) bond motifs is 3. The summed E-state index contributed by atoms with van der Waals surface area (Å²) in [6.07, 6.45) is 0. The fraction of sp³-hybridized carbons (Fsp3) is 0. The van der Waals surface area contributed by atoms with Crippen LogP contribution in [0.25, 0.3) is 11.1 Å². The Morgan fingerprint density at radius 1 is 1.06 bits per heavy atom. The quantitative estimate of drug-likeness (QED) is 0.487. The van der Waals surface area contributed by atoms with Crippen LogP contribution in [0.1, 0.15) is 15.9 Å². The SMILES string of the molecule is O=C1c2cc([N+](=O)[O-])ccc2-c2c(F)cccc21. The third kappa shape index (κ3) is 1.27. The van der Waals surface area contributed by atoms with Crippen molar-refractivity contribution in [3.8, 4) is 11.1 Å². The zero-order valence-corrected chi connectivity index (χ0v) is 9.01. The van der Waals surface area contributed by atoms with E-state index in [1.807, 2.05) is 0 Å². The summed E-state index contributed by atoms with van der Waals surface area (Å²) in [4.78, 5) is 22.1. The highest BCUT2D eigenvalue weighted by Gasteiger charge is 2.30. The van der Waals surface area contributed by atoms with Crippen LogP contribution in [0.15, 0.2) is 36.4 Å². The normalized spacial score (nSPS) is 12.2. The summed E-state index contributed by atoms with van der Waals surface area (Å²) < 4.78 is 13.7. The molecule has 0 spiro atoms. The number of hydrogen-bond acceptors (Lipinski definition) is 3. The Morgan fingerprint density at radius 2 is 1.83 bits per heavy atom. The number of carbonyl (C=O) groups excluding carboxylic acids is 1. The monoisotopic (exact) mass is 243 g/mol. The minimum Gasteiger partial charge on any atom is -0.289 e. The number of benzene rings is 2. The van der Waals surface area contributed by atoms with Gasteiger partial charge in [-0.3, -0.25) is 14.9 Å². The number of nitrogens with zero attached hydrogens (tertiary/aromatic N) is 1. The van der Waals surface area contributed by atoms with Crippen LogP contribution in [0.5, 0.6) is 0 Å². The minimum atomic E-state index is -0.576. The molecule has 0 saturated carbocycles. The molecule has 0 saturated heterocycles. The van der Waals surface area contributed by atoms with Crippen molar-refractivity contribution in [2.24, 2.45) is 0 Å². The zero-order chi connectivity index (χ0) is 12.9. The van der Waals surface area contributed by atoms with Gasteiger partial charge in [-0.1, -0.05) is 12.1 Å². The molecule has 0 bridgehead atoms. The molecular formula is C13H6FNO3. The van der Waals surface area contributed by atoms with E-state index in [-0.39, 0.29) is 28.2 Å². The number of halogens is 1. The smallest absolute Gasteiger partial charge is 0.270 e. The Bertz CT molecular complexity index is 709. The molecule has 3 rings (SSSR count). The minimum absolute atomic E-state index is 0.171. The fourth-order valence-corrected chi connectivity index (χ4v) is 2.18. The Morgan fingerprint density at radius 3 is 2.56 bits per heavy atom. The average Bonchev–Trinajstić information content (AvgIpc) is 2.64. The summed E-state index contributed by atoms with van der Waals surface area (Å²) in [7, 11) is 0. The van der Waals surface area contributed by atoms with Crippen LogP contribution in [-0.2, 0) is 0 Å². The van der Waals surface area contributed by atoms with Crippen molar-refractivity contribution >= 4 is 11.5 Å². The van der Waals surface area contributed by atoms with E-state index in [4.69, 9.17) is 0 Å². The maximum Gasteiger partial charge on any atom is 0.270 e. The first-order valence-corrected chi connectivity index (χ1v) is 5.21. The predicted octanol–water partition coefficient (Wildman–Crippen LogP) is 2.95. The largest absolute Gasteiger partial charge is 0.289 e. The lowest BCUT2D eigenvalue weighted by Crippen LogP contribution is -1.96. The van der Waals surface area contributed by atoms with Crippen molar-refractivity contribution in [2.45, 2.75) is 0 Å². The van der Waals surface area contributed by atoms with Crippen LogP contribution < -0.4 is 0 Å². The van der Waals surface area contributed by atoms with E-state index < -0.39 is 10.7 Å². The summed E-state index contributed by atoms with van der Waals surface area (Å²) >= 11 is 0. The first-order valence-electron chi connectivity index (χ1n) is 5.21. The molecular weight excluding hydrogens is 237 g/mol. The maximum atomic E-state index is 13.7. The first kappa shape index (κ1) is 10.6. The molecule has 18 heavy (non-hydrogen) atoms. The molecule has 0 amide bonds. The number of rotatable bonds is 1. The summed E-state index contributed by atoms with van der Waals surface area (Å²) in [6, 6.07) is 8.12. The molecule has 0 radical (unpaired) electrons. The van der Waals surface area contributed by atoms with E-state index in [0.717, 1.165) is 0 Å². The molecule has 0 unspecified atom stereocenters. The Hall–Kier alpha value is -2.56. The topological polar surface area (TPSA) is 60.2 Å². The number of nitro groups is 1. The average molecular weight is 243 g/mol. The maximum absolute atomic E-state index is 13.7. The van der Waals surface area contributed by atoms with Gasteiger partial charge in [-0.05, 0) is 17.7 Å². The standard InChI is InChI=1S/C13H6FNO3/c14-11-3-1-2-9-12(11)8-5-4-7(15(17)18)6-10(8)13(9)16/h1-6H. The van der Waals surface area contributed by atoms with Crippen molar-refractivity contribution in [3.05, 3.63) is 63.5 Å². The molecule has 0 heterocycles. The Labute approximate surface area is 101 Å². The van der Waals surface area contributed by atoms with Gasteiger partial charge in [-0.15, -0.1) is 0 Å². The highest BCUT2D eigenvalue weighted by Crippen LogP contribution is 2.39. The zero-order valence-electron chi connectivity index (χ0n) is 9.01. The Balaban J connectivity index is 2.31. The third-order valence-electron chi connectivity index (χ3n) is 2.99. The van der Waals surface area contributed by atoms with Crippen LogP contribution in [0.2, 0.25) is 0 Å². The van der Waals surface area contributed by atoms with Gasteiger partial charge in [0.25, 0.3) is 5.69 Å². The van der Waals surface area contributed by atoms with Crippen LogP contribution >= 0.6 is 0 Å². The second-order valence-electron chi connectivity index (χ2n) is 3.98. The van der Waals surface area contributed by atoms with Crippen molar-refractivity contribution in [1.29, 1.82) is 0 Å². The Kier molecular flexibility index (Phi) is 2.04. The van der Waals surface area contributed by atoms with Gasteiger partial charge in [0.1, 0.15) is 5.82 Å². The second kappa shape index (κ2) is 3.46. The van der Waals surface area contributed by atoms with E-state index >= 15 is 0 Å². The van der Waals surface area contributed by atoms with Gasteiger partial charge >= 0.3 is 0 Å². The predicted molar refractivity (Wildman–Crippen MR) is 61.9 cm³/mol. The molecule has 0 aliphatic heterocycles. The molecule has 0 atom stereocenters. The van der Waals surface area contributed by atoms with Crippen LogP contribution in [0, 0.1) is 15.9 Å². The summed E-state index contributed by atoms with van der Waals surface area (Å²) in [5.74, 6) is -0.864. The number of carbonyl (C=O) groups is 1. The van der Waals surface area contributed by atoms with E-state index in [1.165, 1.54) is 36.4 Å². The van der Waals surface area contributed by atoms with Crippen molar-refractivity contribution < 1.29 is 14.1 Å². The highest BCUT2D eigenvalue weighted by atomic mass is 19.1. The molecule has 0 aromatic heterocycles. The molecule has 1 aliphatic rings. The van der Waals surface area contributed by atoms with Crippen LogP contribution in [0.4, 0.5) is 10.1 Å². The molecule has 0 fully saturated rings. The second-order valence-corrected chi connectivity index (χ2v) is 3.98. The van der Waals surface area contributed by atoms with Gasteiger partial charge in [0.2, 0.25) is 0 Å². The molecule has 88 valence electrons. The van der Waals surface area contributed by atoms with Crippen molar-refractivity contribution in [1.82, 2.24) is 0 Å². The third-order valence-corrected chi connectivity index (χ3v) is 2.99. The summed E-state index contributed by atoms with van der Waals surface area (Å²) in [6.45, 7) is 0. The first-order chi connectivity index (χ1) is 8.59. The van der Waals surface area contributed by atoms with E-state index in [0.29, 0.717) is 5.56 Å². The van der Waals surface area contributed by atoms with Gasteiger partial charge < -0.3 is 0 Å². The summed E-state index contributed by atoms with van der Waals surface area (Å²) in [5, 5.41) is 10.7. The number of ketones is 1. The van der Waals surface area contributed by atoms with Gasteiger partial charge in [-0.25, -0.2) is 4.39 Å². The molecule has 4 nitrogen and oxygen atoms in total. The molecule has 5 heteroatoms.